The summed E-state index contributed by atoms with van der Waals surface area (Å²) in [6.07, 6.45) is 65.3. The lowest BCUT2D eigenvalue weighted by molar-refractivity contribution is -0.379. The van der Waals surface area contributed by atoms with Crippen molar-refractivity contribution < 1.29 is 89.4 Å². The molecule has 0 aromatic carbocycles. The molecule has 0 aliphatic carbocycles. The van der Waals surface area contributed by atoms with E-state index in [9.17, 15) is 61.0 Å². The molecule has 0 spiro atoms. The number of carbonyl (C=O) groups is 1. The number of hydrogen-bond acceptors (Lipinski definition) is 18. The van der Waals surface area contributed by atoms with Gasteiger partial charge in [-0.3, -0.25) is 4.79 Å². The number of amides is 1. The van der Waals surface area contributed by atoms with Crippen molar-refractivity contribution in [1.82, 2.24) is 5.32 Å². The van der Waals surface area contributed by atoms with Crippen LogP contribution in [0.1, 0.15) is 251 Å². The summed E-state index contributed by atoms with van der Waals surface area (Å²) in [7, 11) is 0. The number of aliphatic hydroxyl groups is 11. The second-order valence-corrected chi connectivity index (χ2v) is 27.8. The predicted molar refractivity (Wildman–Crippen MR) is 415 cm³/mol. The van der Waals surface area contributed by atoms with E-state index in [0.717, 1.165) is 128 Å². The molecule has 0 bridgehead atoms. The van der Waals surface area contributed by atoms with Gasteiger partial charge in [-0.1, -0.05) is 288 Å². The van der Waals surface area contributed by atoms with Crippen LogP contribution in [0.3, 0.4) is 0 Å². The molecule has 19 nitrogen and oxygen atoms in total. The Balaban J connectivity index is 1.37. The van der Waals surface area contributed by atoms with E-state index in [-0.39, 0.29) is 18.9 Å². The number of unbranched alkanes of at least 4 members (excludes halogenated alkanes) is 23. The van der Waals surface area contributed by atoms with E-state index in [4.69, 9.17) is 28.4 Å². The molecule has 3 heterocycles. The van der Waals surface area contributed by atoms with E-state index in [0.29, 0.717) is 6.42 Å². The van der Waals surface area contributed by atoms with Crippen molar-refractivity contribution in [3.63, 3.8) is 0 Å². The highest BCUT2D eigenvalue weighted by Crippen LogP contribution is 2.33. The van der Waals surface area contributed by atoms with Crippen LogP contribution in [0.25, 0.3) is 0 Å². The minimum atomic E-state index is -1.99. The van der Waals surface area contributed by atoms with Crippen LogP contribution in [-0.2, 0) is 33.2 Å². The lowest BCUT2D eigenvalue weighted by atomic mass is 9.96. The Morgan fingerprint density at radius 1 is 0.356 bits per heavy atom. The van der Waals surface area contributed by atoms with Gasteiger partial charge in [0.1, 0.15) is 73.2 Å². The van der Waals surface area contributed by atoms with E-state index < -0.39 is 124 Å². The summed E-state index contributed by atoms with van der Waals surface area (Å²) in [5, 5.41) is 121. The maximum Gasteiger partial charge on any atom is 0.220 e. The third-order valence-corrected chi connectivity index (χ3v) is 18.9. The number of ether oxygens (including phenoxy) is 6. The molecule has 3 aliphatic heterocycles. The van der Waals surface area contributed by atoms with E-state index in [1.165, 1.54) is 96.3 Å². The van der Waals surface area contributed by atoms with Gasteiger partial charge in [0, 0.05) is 6.42 Å². The van der Waals surface area contributed by atoms with Crippen molar-refractivity contribution >= 4 is 5.91 Å². The molecule has 0 aromatic heterocycles. The fourth-order valence-corrected chi connectivity index (χ4v) is 12.5. The Labute approximate surface area is 625 Å². The summed E-state index contributed by atoms with van der Waals surface area (Å²) < 4.78 is 34.4. The molecule has 0 saturated carbocycles. The normalized spacial score (nSPS) is 26.7. The quantitative estimate of drug-likeness (QED) is 0.0199. The second-order valence-electron chi connectivity index (χ2n) is 27.8. The van der Waals surface area contributed by atoms with Crippen LogP contribution in [0, 0.1) is 0 Å². The van der Waals surface area contributed by atoms with Crippen molar-refractivity contribution in [2.75, 3.05) is 26.4 Å². The average Bonchev–Trinajstić information content (AvgIpc) is 0.783. The predicted octanol–water partition coefficient (Wildman–Crippen LogP) is 13.4. The van der Waals surface area contributed by atoms with Gasteiger partial charge in [0.2, 0.25) is 5.91 Å². The fraction of sp³-hybridized carbons (Fsp3) is 0.706. The minimum Gasteiger partial charge on any atom is -0.394 e. The van der Waals surface area contributed by atoms with Crippen molar-refractivity contribution in [2.45, 2.75) is 356 Å². The van der Waals surface area contributed by atoms with Gasteiger partial charge in [-0.2, -0.15) is 0 Å². The molecule has 19 heteroatoms. The van der Waals surface area contributed by atoms with E-state index in [1.807, 2.05) is 6.08 Å². The van der Waals surface area contributed by atoms with Gasteiger partial charge in [-0.15, -0.1) is 0 Å². The van der Waals surface area contributed by atoms with Gasteiger partial charge in [0.15, 0.2) is 18.9 Å². The molecule has 3 rings (SSSR count). The first-order valence-corrected chi connectivity index (χ1v) is 40.1. The van der Waals surface area contributed by atoms with Gasteiger partial charge in [0.05, 0.1) is 38.6 Å². The first-order chi connectivity index (χ1) is 50.8. The van der Waals surface area contributed by atoms with Crippen molar-refractivity contribution in [3.8, 4) is 0 Å². The van der Waals surface area contributed by atoms with E-state index >= 15 is 0 Å². The molecule has 17 unspecified atom stereocenters. The number of hydrogen-bond donors (Lipinski definition) is 12. The SMILES string of the molecule is CC/C=C\C/C=C\C/C=C\C/C=C\C/C=C\C/C=C\C/C=C\C/C=C\C/C=C\C/C=C\C/C=C\CCCCCCCC(=O)NC(COC1OC(CO)C(OC2OC(CO)C(OC3OC(CO)C(O)C(O)C3O)C(O)C2O)C(O)C1O)C(O)/C=C/CCCCCCCCCCCCCCCCCCCC. The lowest BCUT2D eigenvalue weighted by Crippen LogP contribution is -2.66. The molecule has 1 amide bonds. The van der Waals surface area contributed by atoms with Crippen LogP contribution < -0.4 is 5.32 Å². The van der Waals surface area contributed by atoms with Gasteiger partial charge in [0.25, 0.3) is 0 Å². The summed E-state index contributed by atoms with van der Waals surface area (Å²) in [6, 6.07) is -0.996. The van der Waals surface area contributed by atoms with Gasteiger partial charge >= 0.3 is 0 Å². The van der Waals surface area contributed by atoms with Gasteiger partial charge in [-0.05, 0) is 103 Å². The summed E-state index contributed by atoms with van der Waals surface area (Å²) >= 11 is 0. The van der Waals surface area contributed by atoms with Crippen LogP contribution in [-0.4, -0.2) is 193 Å². The Kier molecular flexibility index (Phi) is 57.4. The van der Waals surface area contributed by atoms with Crippen LogP contribution in [0.2, 0.25) is 0 Å². The molecule has 594 valence electrons. The zero-order chi connectivity index (χ0) is 75.3. The molecule has 12 N–H and O–H groups in total. The summed E-state index contributed by atoms with van der Waals surface area (Å²) in [6.45, 7) is 1.61. The number of nitrogens with one attached hydrogen (secondary N) is 1. The molecule has 0 aromatic rings. The minimum absolute atomic E-state index is 0.212. The first-order valence-electron chi connectivity index (χ1n) is 40.1. The van der Waals surface area contributed by atoms with Gasteiger partial charge in [-0.25, -0.2) is 0 Å². The molecule has 3 fully saturated rings. The smallest absolute Gasteiger partial charge is 0.220 e. The highest BCUT2D eigenvalue weighted by Gasteiger charge is 2.54. The zero-order valence-corrected chi connectivity index (χ0v) is 63.4. The Morgan fingerprint density at radius 2 is 0.663 bits per heavy atom. The zero-order valence-electron chi connectivity index (χ0n) is 63.4. The maximum atomic E-state index is 13.5. The summed E-state index contributed by atoms with van der Waals surface area (Å²) in [5.41, 5.74) is 0. The number of aliphatic hydroxyl groups excluding tert-OH is 11. The third kappa shape index (κ3) is 43.0. The Hall–Kier alpha value is -4.33. The molecule has 0 radical (unpaired) electrons. The molecular formula is C85H141NO18. The third-order valence-electron chi connectivity index (χ3n) is 18.9. The van der Waals surface area contributed by atoms with Crippen molar-refractivity contribution in [1.29, 1.82) is 0 Å². The van der Waals surface area contributed by atoms with Crippen LogP contribution in [0.5, 0.6) is 0 Å². The number of allylic oxidation sites excluding steroid dienone is 23. The monoisotopic (exact) mass is 1460 g/mol. The highest BCUT2D eigenvalue weighted by molar-refractivity contribution is 5.76. The van der Waals surface area contributed by atoms with Crippen molar-refractivity contribution in [2.24, 2.45) is 0 Å². The molecule has 3 aliphatic rings. The van der Waals surface area contributed by atoms with Crippen LogP contribution >= 0.6 is 0 Å². The topological polar surface area (TPSA) is 307 Å². The van der Waals surface area contributed by atoms with Gasteiger partial charge < -0.3 is 89.9 Å². The average molecular weight is 1470 g/mol. The Bertz CT molecular complexity index is 2450. The number of rotatable bonds is 61. The summed E-state index contributed by atoms with van der Waals surface area (Å²) in [4.78, 5) is 13.5. The second kappa shape index (κ2) is 63.6. The molecular weight excluding hydrogens is 1320 g/mol. The number of carbonyl (C=O) groups excluding carboxylic acids is 1. The van der Waals surface area contributed by atoms with Crippen molar-refractivity contribution in [3.05, 3.63) is 146 Å². The largest absolute Gasteiger partial charge is 0.394 e. The standard InChI is InChI=1S/C85H141NO18/c1-3-5-7-9-11-13-15-17-19-21-23-25-26-27-28-29-30-31-32-33-34-35-36-37-38-39-40-41-42-43-45-47-49-51-53-55-57-59-61-63-73(91)86-68(69(90)62-60-58-56-54-52-50-48-46-44-24-22-20-18-16-14-12-10-8-6-4-2)67-99-83-79(97)76(94)81(71(65-88)101-83)104-85-80(98)77(95)82(72(66-89)102-85)103-84-78(96)75(93)74(92)70(64-87)100-84/h5,7,11,13,17,19,23,25,27-28,30-31,33-34,36-37,39-40,42-43,47,49,60,62,68-72,74-85,87-90,92-98H,3-4,6,8-10,12,14-16,18,20-22,24,26,29,32,35,38,41,44-46,48,50-59,61,63-67H2,1-2H3,(H,86,91)/b7-5-,13-11-,19-17-,25-23-,28-27-,31-30-,34-33-,37-36-,40-39-,43-42-,49-47-,62-60+. The van der Waals surface area contributed by atoms with E-state index in [2.05, 4.69) is 153 Å². The first kappa shape index (κ1) is 93.9. The lowest BCUT2D eigenvalue weighted by Gasteiger charge is -2.48. The fourth-order valence-electron chi connectivity index (χ4n) is 12.5. The van der Waals surface area contributed by atoms with Crippen LogP contribution in [0.15, 0.2) is 146 Å². The van der Waals surface area contributed by atoms with E-state index in [1.54, 1.807) is 6.08 Å². The maximum absolute atomic E-state index is 13.5. The molecule has 17 atom stereocenters. The summed E-state index contributed by atoms with van der Waals surface area (Å²) in [5.74, 6) is -0.299. The Morgan fingerprint density at radius 3 is 1.04 bits per heavy atom. The highest BCUT2D eigenvalue weighted by atomic mass is 16.8. The van der Waals surface area contributed by atoms with Crippen LogP contribution in [0.4, 0.5) is 0 Å². The molecule has 3 saturated heterocycles. The molecule has 104 heavy (non-hydrogen) atoms.